The number of likely N-dealkylation sites (N-methyl/N-ethyl adjacent to an activating group) is 1. The van der Waals surface area contributed by atoms with Gasteiger partial charge in [0.05, 0.1) is 6.61 Å². The molecule has 0 radical (unpaired) electrons. The van der Waals surface area contributed by atoms with Crippen molar-refractivity contribution >= 4 is 17.6 Å². The maximum atomic E-state index is 13.1. The fraction of sp³-hybridized carbons (Fsp3) is 0.500. The van der Waals surface area contributed by atoms with E-state index in [9.17, 15) is 9.59 Å². The van der Waals surface area contributed by atoms with Crippen molar-refractivity contribution in [3.05, 3.63) is 59.2 Å². The molecule has 186 valence electrons. The summed E-state index contributed by atoms with van der Waals surface area (Å²) >= 11 is 0. The molecule has 1 atom stereocenters. The third-order valence-electron chi connectivity index (χ3n) is 5.59. The van der Waals surface area contributed by atoms with Gasteiger partial charge in [-0.2, -0.15) is 0 Å². The van der Waals surface area contributed by atoms with Crippen LogP contribution in [0.4, 0.5) is 10.5 Å². The van der Waals surface area contributed by atoms with Gasteiger partial charge in [-0.05, 0) is 59.6 Å². The number of anilines is 1. The van der Waals surface area contributed by atoms with Crippen molar-refractivity contribution in [1.29, 1.82) is 0 Å². The Kier molecular flexibility index (Phi) is 9.14. The second kappa shape index (κ2) is 11.4. The van der Waals surface area contributed by atoms with Gasteiger partial charge in [0.1, 0.15) is 11.8 Å². The predicted octanol–water partition coefficient (Wildman–Crippen LogP) is 5.55. The zero-order valence-corrected chi connectivity index (χ0v) is 22.0. The summed E-state index contributed by atoms with van der Waals surface area (Å²) in [5, 5.41) is 8.73. The van der Waals surface area contributed by atoms with E-state index in [-0.39, 0.29) is 16.7 Å². The lowest BCUT2D eigenvalue weighted by molar-refractivity contribution is -0.122. The fourth-order valence-corrected chi connectivity index (χ4v) is 3.72. The third-order valence-corrected chi connectivity index (χ3v) is 5.59. The molecule has 2 aromatic rings. The number of nitrogens with one attached hydrogen (secondary N) is 3. The first-order valence-electron chi connectivity index (χ1n) is 12.1. The fourth-order valence-electron chi connectivity index (χ4n) is 3.72. The summed E-state index contributed by atoms with van der Waals surface area (Å²) in [6, 6.07) is 12.7. The summed E-state index contributed by atoms with van der Waals surface area (Å²) in [6.07, 6.45) is 0.375. The van der Waals surface area contributed by atoms with Crippen LogP contribution in [0.25, 0.3) is 0 Å². The maximum absolute atomic E-state index is 13.1. The van der Waals surface area contributed by atoms with E-state index in [4.69, 9.17) is 4.74 Å². The minimum absolute atomic E-state index is 0.0550. The second-order valence-electron chi connectivity index (χ2n) is 10.6. The summed E-state index contributed by atoms with van der Waals surface area (Å²) in [5.74, 6) is 0.561. The molecule has 34 heavy (non-hydrogen) atoms. The van der Waals surface area contributed by atoms with E-state index in [2.05, 4.69) is 69.6 Å². The average molecular weight is 468 g/mol. The zero-order valence-electron chi connectivity index (χ0n) is 22.0. The minimum Gasteiger partial charge on any atom is -0.494 e. The first-order chi connectivity index (χ1) is 15.8. The normalized spacial score (nSPS) is 12.6. The lowest BCUT2D eigenvalue weighted by atomic mass is 9.81. The van der Waals surface area contributed by atoms with Gasteiger partial charge in [-0.1, -0.05) is 65.8 Å². The molecule has 3 N–H and O–H groups in total. The number of carbonyl (C=O) groups excluding carboxylic acids is 2. The lowest BCUT2D eigenvalue weighted by Gasteiger charge is -2.27. The Morgan fingerprint density at radius 1 is 0.912 bits per heavy atom. The zero-order chi connectivity index (χ0) is 25.5. The van der Waals surface area contributed by atoms with Crippen LogP contribution in [0.2, 0.25) is 0 Å². The van der Waals surface area contributed by atoms with Crippen molar-refractivity contribution in [2.24, 2.45) is 0 Å². The Morgan fingerprint density at radius 2 is 1.56 bits per heavy atom. The second-order valence-corrected chi connectivity index (χ2v) is 10.6. The number of ether oxygens (including phenoxy) is 1. The smallest absolute Gasteiger partial charge is 0.319 e. The van der Waals surface area contributed by atoms with E-state index < -0.39 is 12.1 Å². The highest BCUT2D eigenvalue weighted by Gasteiger charge is 2.25. The Bertz CT molecular complexity index is 970. The van der Waals surface area contributed by atoms with Crippen molar-refractivity contribution in [3.63, 3.8) is 0 Å². The van der Waals surface area contributed by atoms with Crippen LogP contribution in [0.3, 0.4) is 0 Å². The molecule has 0 fully saturated rings. The number of carbonyl (C=O) groups is 2. The van der Waals surface area contributed by atoms with Crippen LogP contribution in [0.15, 0.2) is 42.5 Å². The predicted molar refractivity (Wildman–Crippen MR) is 140 cm³/mol. The summed E-state index contributed by atoms with van der Waals surface area (Å²) in [7, 11) is 0. The molecular formula is C28H41N3O3. The van der Waals surface area contributed by atoms with Gasteiger partial charge >= 0.3 is 6.03 Å². The number of rotatable bonds is 8. The SMILES string of the molecule is CCNC(=O)[C@@H](Cc1ccc(OCC)cc1)NC(=O)Nc1cc(C(C)(C)C)ccc1C(C)(C)C. The number of urea groups is 1. The number of amides is 3. The number of benzene rings is 2. The van der Waals surface area contributed by atoms with Gasteiger partial charge in [-0.15, -0.1) is 0 Å². The molecule has 0 heterocycles. The van der Waals surface area contributed by atoms with Gasteiger partial charge in [0.15, 0.2) is 0 Å². The molecular weight excluding hydrogens is 426 g/mol. The van der Waals surface area contributed by atoms with Crippen molar-refractivity contribution in [3.8, 4) is 5.75 Å². The Morgan fingerprint density at radius 3 is 2.09 bits per heavy atom. The highest BCUT2D eigenvalue weighted by atomic mass is 16.5. The van der Waals surface area contributed by atoms with Gasteiger partial charge in [-0.25, -0.2) is 4.79 Å². The molecule has 2 aromatic carbocycles. The molecule has 3 amide bonds. The van der Waals surface area contributed by atoms with Crippen molar-refractivity contribution < 1.29 is 14.3 Å². The molecule has 0 aliphatic carbocycles. The van der Waals surface area contributed by atoms with Gasteiger partial charge in [-0.3, -0.25) is 4.79 Å². The van der Waals surface area contributed by atoms with Crippen LogP contribution in [-0.4, -0.2) is 31.1 Å². The van der Waals surface area contributed by atoms with Crippen LogP contribution in [0.5, 0.6) is 5.75 Å². The van der Waals surface area contributed by atoms with Gasteiger partial charge in [0.25, 0.3) is 0 Å². The number of hydrogen-bond donors (Lipinski definition) is 3. The Hall–Kier alpha value is -3.02. The van der Waals surface area contributed by atoms with Gasteiger partial charge < -0.3 is 20.7 Å². The average Bonchev–Trinajstić information content (AvgIpc) is 2.73. The minimum atomic E-state index is -0.707. The van der Waals surface area contributed by atoms with E-state index in [0.29, 0.717) is 19.6 Å². The topological polar surface area (TPSA) is 79.5 Å². The molecule has 0 unspecified atom stereocenters. The number of hydrogen-bond acceptors (Lipinski definition) is 3. The van der Waals surface area contributed by atoms with Crippen molar-refractivity contribution in [2.75, 3.05) is 18.5 Å². The van der Waals surface area contributed by atoms with Crippen molar-refractivity contribution in [1.82, 2.24) is 10.6 Å². The van der Waals surface area contributed by atoms with Gasteiger partial charge in [0.2, 0.25) is 5.91 Å². The largest absolute Gasteiger partial charge is 0.494 e. The molecule has 0 bridgehead atoms. The lowest BCUT2D eigenvalue weighted by Crippen LogP contribution is -2.49. The van der Waals surface area contributed by atoms with Crippen LogP contribution in [-0.2, 0) is 22.0 Å². The molecule has 2 rings (SSSR count). The van der Waals surface area contributed by atoms with E-state index in [1.165, 1.54) is 0 Å². The maximum Gasteiger partial charge on any atom is 0.319 e. The summed E-state index contributed by atoms with van der Waals surface area (Å²) < 4.78 is 5.50. The molecule has 0 aliphatic heterocycles. The van der Waals surface area contributed by atoms with Crippen LogP contribution < -0.4 is 20.7 Å². The Balaban J connectivity index is 2.25. The molecule has 6 heteroatoms. The molecule has 0 aliphatic rings. The summed E-state index contributed by atoms with van der Waals surface area (Å²) in [6.45, 7) is 17.7. The molecule has 0 aromatic heterocycles. The quantitative estimate of drug-likeness (QED) is 0.476. The summed E-state index contributed by atoms with van der Waals surface area (Å²) in [4.78, 5) is 25.8. The standard InChI is InChI=1S/C28H41N3O3/c1-9-29-25(32)24(17-19-11-14-21(15-12-19)34-10-2)31-26(33)30-23-18-20(27(3,4)5)13-16-22(23)28(6,7)8/h11-16,18,24H,9-10,17H2,1-8H3,(H,29,32)(H2,30,31,33)/t24-/m1/s1. The highest BCUT2D eigenvalue weighted by Crippen LogP contribution is 2.33. The monoisotopic (exact) mass is 467 g/mol. The summed E-state index contributed by atoms with van der Waals surface area (Å²) in [5.41, 5.74) is 3.65. The van der Waals surface area contributed by atoms with Crippen LogP contribution >= 0.6 is 0 Å². The molecule has 0 spiro atoms. The Labute approximate surface area is 204 Å². The highest BCUT2D eigenvalue weighted by molar-refractivity contribution is 5.94. The van der Waals surface area contributed by atoms with E-state index in [1.807, 2.05) is 44.2 Å². The van der Waals surface area contributed by atoms with Crippen LogP contribution in [0.1, 0.15) is 72.1 Å². The molecule has 0 saturated heterocycles. The van der Waals surface area contributed by atoms with Gasteiger partial charge in [0, 0.05) is 18.7 Å². The first kappa shape index (κ1) is 27.2. The van der Waals surface area contributed by atoms with E-state index in [0.717, 1.165) is 28.1 Å². The van der Waals surface area contributed by atoms with E-state index in [1.54, 1.807) is 0 Å². The molecule has 0 saturated carbocycles. The van der Waals surface area contributed by atoms with Crippen LogP contribution in [0, 0.1) is 0 Å². The van der Waals surface area contributed by atoms with E-state index >= 15 is 0 Å². The van der Waals surface area contributed by atoms with Crippen molar-refractivity contribution in [2.45, 2.75) is 78.7 Å². The first-order valence-corrected chi connectivity index (χ1v) is 12.1. The third kappa shape index (κ3) is 7.79. The molecule has 6 nitrogen and oxygen atoms in total.